The molecule has 0 aliphatic heterocycles. The number of halogens is 1. The van der Waals surface area contributed by atoms with Crippen LogP contribution >= 0.6 is 11.6 Å². The molecule has 0 bridgehead atoms. The van der Waals surface area contributed by atoms with Crippen molar-refractivity contribution in [2.45, 2.75) is 37.8 Å². The van der Waals surface area contributed by atoms with Crippen molar-refractivity contribution in [2.24, 2.45) is 7.05 Å². The van der Waals surface area contributed by atoms with E-state index in [1.807, 2.05) is 0 Å². The molecule has 0 spiro atoms. The predicted octanol–water partition coefficient (Wildman–Crippen LogP) is 1.15. The molecule has 1 aliphatic rings. The zero-order chi connectivity index (χ0) is 12.4. The maximum absolute atomic E-state index is 11.6. The number of aromatic nitrogens is 2. The number of nitrogens with one attached hydrogen (secondary N) is 1. The molecule has 2 N–H and O–H groups in total. The number of nitrogens with zero attached hydrogens (tertiary/aromatic N) is 2. The van der Waals surface area contributed by atoms with Crippen LogP contribution in [0, 0.1) is 0 Å². The number of anilines is 1. The zero-order valence-corrected chi connectivity index (χ0v) is 10.4. The molecule has 0 unspecified atom stereocenters. The average Bonchev–Trinajstić information content (AvgIpc) is 2.33. The highest BCUT2D eigenvalue weighted by Gasteiger charge is 2.20. The van der Waals surface area contributed by atoms with Gasteiger partial charge in [-0.25, -0.2) is 4.68 Å². The Morgan fingerprint density at radius 3 is 2.76 bits per heavy atom. The first-order valence-electron chi connectivity index (χ1n) is 5.74. The molecule has 1 aliphatic carbocycles. The van der Waals surface area contributed by atoms with E-state index in [1.165, 1.54) is 4.68 Å². The SMILES string of the molecule is Cn1ncc(NC2CCC(O)CC2)c(Cl)c1=O. The van der Waals surface area contributed by atoms with Crippen LogP contribution in [0.1, 0.15) is 25.7 Å². The number of aryl methyl sites for hydroxylation is 1. The molecule has 94 valence electrons. The third kappa shape index (κ3) is 2.79. The lowest BCUT2D eigenvalue weighted by molar-refractivity contribution is 0.126. The summed E-state index contributed by atoms with van der Waals surface area (Å²) in [6.07, 6.45) is 4.71. The summed E-state index contributed by atoms with van der Waals surface area (Å²) in [5.41, 5.74) is 0.281. The quantitative estimate of drug-likeness (QED) is 0.834. The Morgan fingerprint density at radius 1 is 1.47 bits per heavy atom. The van der Waals surface area contributed by atoms with Gasteiger partial charge in [0.2, 0.25) is 0 Å². The molecule has 0 radical (unpaired) electrons. The maximum atomic E-state index is 11.6. The monoisotopic (exact) mass is 257 g/mol. The average molecular weight is 258 g/mol. The van der Waals surface area contributed by atoms with E-state index in [2.05, 4.69) is 10.4 Å². The molecule has 1 heterocycles. The van der Waals surface area contributed by atoms with Gasteiger partial charge in [0.1, 0.15) is 5.02 Å². The lowest BCUT2D eigenvalue weighted by Gasteiger charge is -2.27. The molecule has 0 atom stereocenters. The fraction of sp³-hybridized carbons (Fsp3) is 0.636. The Hall–Kier alpha value is -1.07. The van der Waals surface area contributed by atoms with Crippen molar-refractivity contribution < 1.29 is 5.11 Å². The predicted molar refractivity (Wildman–Crippen MR) is 66.4 cm³/mol. The van der Waals surface area contributed by atoms with Gasteiger partial charge in [0, 0.05) is 13.1 Å². The van der Waals surface area contributed by atoms with Crippen LogP contribution in [-0.2, 0) is 7.05 Å². The molecule has 5 nitrogen and oxygen atoms in total. The maximum Gasteiger partial charge on any atom is 0.287 e. The van der Waals surface area contributed by atoms with Gasteiger partial charge in [-0.2, -0.15) is 5.10 Å². The minimum Gasteiger partial charge on any atom is -0.393 e. The molecule has 17 heavy (non-hydrogen) atoms. The highest BCUT2D eigenvalue weighted by atomic mass is 35.5. The van der Waals surface area contributed by atoms with Crippen molar-refractivity contribution in [3.8, 4) is 0 Å². The van der Waals surface area contributed by atoms with Gasteiger partial charge in [-0.05, 0) is 25.7 Å². The molecular formula is C11H16ClN3O2. The highest BCUT2D eigenvalue weighted by Crippen LogP contribution is 2.24. The summed E-state index contributed by atoms with van der Waals surface area (Å²) in [5.74, 6) is 0. The fourth-order valence-electron chi connectivity index (χ4n) is 2.05. The third-order valence-electron chi connectivity index (χ3n) is 3.13. The van der Waals surface area contributed by atoms with E-state index < -0.39 is 0 Å². The van der Waals surface area contributed by atoms with Gasteiger partial charge in [0.05, 0.1) is 18.0 Å². The van der Waals surface area contributed by atoms with E-state index in [0.29, 0.717) is 5.69 Å². The van der Waals surface area contributed by atoms with Crippen molar-refractivity contribution in [3.05, 3.63) is 21.6 Å². The minimum atomic E-state index is -0.299. The van der Waals surface area contributed by atoms with Gasteiger partial charge >= 0.3 is 0 Å². The summed E-state index contributed by atoms with van der Waals surface area (Å²) in [5, 5.41) is 16.7. The molecule has 1 saturated carbocycles. The summed E-state index contributed by atoms with van der Waals surface area (Å²) < 4.78 is 1.21. The molecule has 0 amide bonds. The van der Waals surface area contributed by atoms with Crippen LogP contribution in [-0.4, -0.2) is 27.0 Å². The highest BCUT2D eigenvalue weighted by molar-refractivity contribution is 6.32. The van der Waals surface area contributed by atoms with Crippen LogP contribution in [0.15, 0.2) is 11.0 Å². The van der Waals surface area contributed by atoms with Crippen molar-refractivity contribution in [2.75, 3.05) is 5.32 Å². The van der Waals surface area contributed by atoms with Crippen molar-refractivity contribution in [1.82, 2.24) is 9.78 Å². The largest absolute Gasteiger partial charge is 0.393 e. The normalized spacial score (nSPS) is 24.6. The van der Waals surface area contributed by atoms with Gasteiger partial charge in [-0.1, -0.05) is 11.6 Å². The second-order valence-corrected chi connectivity index (χ2v) is 4.83. The lowest BCUT2D eigenvalue weighted by atomic mass is 9.93. The fourth-order valence-corrected chi connectivity index (χ4v) is 2.28. The summed E-state index contributed by atoms with van der Waals surface area (Å²) >= 11 is 5.96. The van der Waals surface area contributed by atoms with Gasteiger partial charge in [-0.3, -0.25) is 4.79 Å². The number of aliphatic hydroxyl groups excluding tert-OH is 1. The van der Waals surface area contributed by atoms with E-state index in [4.69, 9.17) is 11.6 Å². The minimum absolute atomic E-state index is 0.175. The molecule has 1 aromatic heterocycles. The number of aliphatic hydroxyl groups is 1. The molecule has 1 aromatic rings. The Balaban J connectivity index is 2.09. The Labute approximate surface area is 104 Å². The summed E-state index contributed by atoms with van der Waals surface area (Å²) in [6.45, 7) is 0. The van der Waals surface area contributed by atoms with Gasteiger partial charge in [0.25, 0.3) is 5.56 Å². The van der Waals surface area contributed by atoms with Crippen molar-refractivity contribution >= 4 is 17.3 Å². The van der Waals surface area contributed by atoms with Crippen LogP contribution in [0.5, 0.6) is 0 Å². The molecule has 2 rings (SSSR count). The van der Waals surface area contributed by atoms with Crippen LogP contribution < -0.4 is 10.9 Å². The van der Waals surface area contributed by atoms with Crippen LogP contribution in [0.2, 0.25) is 5.02 Å². The van der Waals surface area contributed by atoms with Crippen molar-refractivity contribution in [3.63, 3.8) is 0 Å². The van der Waals surface area contributed by atoms with E-state index in [1.54, 1.807) is 13.2 Å². The van der Waals surface area contributed by atoms with Crippen LogP contribution in [0.4, 0.5) is 5.69 Å². The molecule has 1 fully saturated rings. The number of rotatable bonds is 2. The topological polar surface area (TPSA) is 67.2 Å². The third-order valence-corrected chi connectivity index (χ3v) is 3.50. The van der Waals surface area contributed by atoms with Gasteiger partial charge in [0.15, 0.2) is 0 Å². The van der Waals surface area contributed by atoms with Crippen LogP contribution in [0.3, 0.4) is 0 Å². The first-order chi connectivity index (χ1) is 8.08. The number of hydrogen-bond donors (Lipinski definition) is 2. The van der Waals surface area contributed by atoms with Gasteiger partial charge in [-0.15, -0.1) is 0 Å². The van der Waals surface area contributed by atoms with E-state index in [9.17, 15) is 9.90 Å². The summed E-state index contributed by atoms with van der Waals surface area (Å²) in [7, 11) is 1.56. The second-order valence-electron chi connectivity index (χ2n) is 4.45. The molecule has 0 saturated heterocycles. The Kier molecular flexibility index (Phi) is 3.69. The van der Waals surface area contributed by atoms with Crippen molar-refractivity contribution in [1.29, 1.82) is 0 Å². The van der Waals surface area contributed by atoms with E-state index in [-0.39, 0.29) is 22.7 Å². The molecule has 0 aromatic carbocycles. The molecule has 6 heteroatoms. The van der Waals surface area contributed by atoms with Crippen LogP contribution in [0.25, 0.3) is 0 Å². The molecular weight excluding hydrogens is 242 g/mol. The number of hydrogen-bond acceptors (Lipinski definition) is 4. The Morgan fingerprint density at radius 2 is 2.12 bits per heavy atom. The summed E-state index contributed by atoms with van der Waals surface area (Å²) in [4.78, 5) is 11.6. The first-order valence-corrected chi connectivity index (χ1v) is 6.12. The second kappa shape index (κ2) is 5.06. The smallest absolute Gasteiger partial charge is 0.287 e. The van der Waals surface area contributed by atoms with Gasteiger partial charge < -0.3 is 10.4 Å². The lowest BCUT2D eigenvalue weighted by Crippen LogP contribution is -2.30. The Bertz CT molecular complexity index is 453. The van der Waals surface area contributed by atoms with E-state index >= 15 is 0 Å². The zero-order valence-electron chi connectivity index (χ0n) is 9.69. The standard InChI is InChI=1S/C11H16ClN3O2/c1-15-11(17)10(12)9(6-13-15)14-7-2-4-8(16)5-3-7/h6-8,14,16H,2-5H2,1H3. The summed E-state index contributed by atoms with van der Waals surface area (Å²) in [6, 6.07) is 0.254. The van der Waals surface area contributed by atoms with E-state index in [0.717, 1.165) is 25.7 Å². The first kappa shape index (κ1) is 12.4.